The molecule has 4 heteroatoms. The summed E-state index contributed by atoms with van der Waals surface area (Å²) < 4.78 is 0.990. The minimum Gasteiger partial charge on any atom is -0.253 e. The molecule has 0 amide bonds. The molecule has 0 fully saturated rings. The Kier molecular flexibility index (Phi) is 2.42. The lowest BCUT2D eigenvalue weighted by Gasteiger charge is -1.96. The van der Waals surface area contributed by atoms with Gasteiger partial charge in [-0.15, -0.1) is 11.3 Å². The topological polar surface area (TPSA) is 25.8 Å². The van der Waals surface area contributed by atoms with Crippen LogP contribution < -0.4 is 0 Å². The van der Waals surface area contributed by atoms with Gasteiger partial charge in [0.1, 0.15) is 10.7 Å². The zero-order valence-electron chi connectivity index (χ0n) is 6.99. The van der Waals surface area contributed by atoms with Crippen molar-refractivity contribution < 1.29 is 0 Å². The normalized spacial score (nSPS) is 10.3. The van der Waals surface area contributed by atoms with E-state index in [4.69, 9.17) is 0 Å². The van der Waals surface area contributed by atoms with E-state index in [1.54, 1.807) is 17.5 Å². The lowest BCUT2D eigenvalue weighted by Crippen LogP contribution is -1.81. The third-order valence-corrected chi connectivity index (χ3v) is 3.14. The smallest absolute Gasteiger partial charge is 0.143 e. The highest BCUT2D eigenvalue weighted by Crippen LogP contribution is 2.28. The number of thiazole rings is 1. The highest BCUT2D eigenvalue weighted by atomic mass is 79.9. The first-order chi connectivity index (χ1) is 6.27. The van der Waals surface area contributed by atoms with Gasteiger partial charge in [0.2, 0.25) is 0 Å². The number of nitrogens with zero attached hydrogens (tertiary/aromatic N) is 2. The van der Waals surface area contributed by atoms with Gasteiger partial charge in [0, 0.05) is 21.7 Å². The molecule has 0 unspecified atom stereocenters. The number of halogens is 1. The molecule has 0 saturated carbocycles. The van der Waals surface area contributed by atoms with Gasteiger partial charge in [-0.1, -0.05) is 0 Å². The van der Waals surface area contributed by atoms with Gasteiger partial charge in [-0.05, 0) is 35.0 Å². The maximum absolute atomic E-state index is 4.27. The highest BCUT2D eigenvalue weighted by molar-refractivity contribution is 9.10. The van der Waals surface area contributed by atoms with Gasteiger partial charge in [-0.25, -0.2) is 4.98 Å². The van der Waals surface area contributed by atoms with E-state index < -0.39 is 0 Å². The molecule has 0 aliphatic heterocycles. The molecule has 2 nitrogen and oxygen atoms in total. The number of hydrogen-bond acceptors (Lipinski definition) is 3. The van der Waals surface area contributed by atoms with Crippen LogP contribution in [0.15, 0.2) is 29.0 Å². The Morgan fingerprint density at radius 2 is 2.23 bits per heavy atom. The third-order valence-electron chi connectivity index (χ3n) is 1.58. The molecule has 0 atom stereocenters. The van der Waals surface area contributed by atoms with Crippen LogP contribution in [0, 0.1) is 6.92 Å². The Hall–Kier alpha value is -0.740. The first kappa shape index (κ1) is 8.84. The van der Waals surface area contributed by atoms with Crippen LogP contribution in [0.4, 0.5) is 0 Å². The summed E-state index contributed by atoms with van der Waals surface area (Å²) in [5, 5.41) is 0.963. The first-order valence-corrected chi connectivity index (χ1v) is 5.41. The lowest BCUT2D eigenvalue weighted by molar-refractivity contribution is 1.27. The maximum Gasteiger partial charge on any atom is 0.143 e. The quantitative estimate of drug-likeness (QED) is 0.781. The second kappa shape index (κ2) is 3.55. The monoisotopic (exact) mass is 254 g/mol. The van der Waals surface area contributed by atoms with E-state index in [2.05, 4.69) is 25.9 Å². The molecule has 66 valence electrons. The van der Waals surface area contributed by atoms with E-state index in [0.717, 1.165) is 15.2 Å². The summed E-state index contributed by atoms with van der Waals surface area (Å²) in [5.41, 5.74) is 0.917. The van der Waals surface area contributed by atoms with Gasteiger partial charge in [0.15, 0.2) is 0 Å². The second-order valence-electron chi connectivity index (χ2n) is 2.61. The molecule has 2 aromatic rings. The molecule has 0 bridgehead atoms. The van der Waals surface area contributed by atoms with Crippen molar-refractivity contribution in [3.8, 4) is 10.7 Å². The fourth-order valence-electron chi connectivity index (χ4n) is 1.01. The maximum atomic E-state index is 4.27. The van der Waals surface area contributed by atoms with E-state index in [1.165, 1.54) is 4.88 Å². The predicted molar refractivity (Wildman–Crippen MR) is 57.8 cm³/mol. The summed E-state index contributed by atoms with van der Waals surface area (Å²) in [6, 6.07) is 3.87. The molecule has 0 aliphatic carbocycles. The van der Waals surface area contributed by atoms with E-state index >= 15 is 0 Å². The minimum absolute atomic E-state index is 0.917. The Balaban J connectivity index is 2.52. The van der Waals surface area contributed by atoms with Crippen LogP contribution in [0.2, 0.25) is 0 Å². The van der Waals surface area contributed by atoms with Gasteiger partial charge >= 0.3 is 0 Å². The van der Waals surface area contributed by atoms with Crippen molar-refractivity contribution in [3.63, 3.8) is 0 Å². The van der Waals surface area contributed by atoms with Crippen LogP contribution in [0.3, 0.4) is 0 Å². The summed E-state index contributed by atoms with van der Waals surface area (Å²) in [5.74, 6) is 0. The van der Waals surface area contributed by atoms with E-state index in [9.17, 15) is 0 Å². The van der Waals surface area contributed by atoms with E-state index in [-0.39, 0.29) is 0 Å². The molecule has 0 spiro atoms. The van der Waals surface area contributed by atoms with Crippen LogP contribution in [0.1, 0.15) is 4.88 Å². The first-order valence-electron chi connectivity index (χ1n) is 3.80. The van der Waals surface area contributed by atoms with Crippen LogP contribution >= 0.6 is 27.3 Å². The van der Waals surface area contributed by atoms with Crippen molar-refractivity contribution in [2.75, 3.05) is 0 Å². The molecule has 0 aromatic carbocycles. The number of hydrogen-bond donors (Lipinski definition) is 0. The second-order valence-corrected chi connectivity index (χ2v) is 4.70. The van der Waals surface area contributed by atoms with Gasteiger partial charge in [-0.3, -0.25) is 4.98 Å². The third kappa shape index (κ3) is 1.78. The summed E-state index contributed by atoms with van der Waals surface area (Å²) in [7, 11) is 0. The fraction of sp³-hybridized carbons (Fsp3) is 0.111. The zero-order valence-corrected chi connectivity index (χ0v) is 9.39. The molecule has 2 rings (SSSR count). The average Bonchev–Trinajstić information content (AvgIpc) is 2.53. The van der Waals surface area contributed by atoms with Crippen molar-refractivity contribution in [1.29, 1.82) is 0 Å². The lowest BCUT2D eigenvalue weighted by atomic mass is 10.4. The van der Waals surface area contributed by atoms with Crippen LogP contribution in [0.5, 0.6) is 0 Å². The van der Waals surface area contributed by atoms with E-state index in [1.807, 2.05) is 25.3 Å². The van der Waals surface area contributed by atoms with Crippen molar-refractivity contribution >= 4 is 27.3 Å². The number of pyridine rings is 1. The molecule has 0 N–H and O–H groups in total. The summed E-state index contributed by atoms with van der Waals surface area (Å²) in [6.45, 7) is 2.04. The summed E-state index contributed by atoms with van der Waals surface area (Å²) >= 11 is 5.10. The molecular weight excluding hydrogens is 248 g/mol. The van der Waals surface area contributed by atoms with Crippen molar-refractivity contribution in [1.82, 2.24) is 9.97 Å². The predicted octanol–water partition coefficient (Wildman–Crippen LogP) is 3.28. The minimum atomic E-state index is 0.917. The average molecular weight is 255 g/mol. The van der Waals surface area contributed by atoms with Crippen LogP contribution in [0.25, 0.3) is 10.7 Å². The highest BCUT2D eigenvalue weighted by Gasteiger charge is 2.06. The van der Waals surface area contributed by atoms with Gasteiger partial charge < -0.3 is 0 Å². The number of rotatable bonds is 1. The van der Waals surface area contributed by atoms with Crippen molar-refractivity contribution in [2.45, 2.75) is 6.92 Å². The molecule has 0 saturated heterocycles. The van der Waals surface area contributed by atoms with Crippen LogP contribution in [-0.2, 0) is 0 Å². The van der Waals surface area contributed by atoms with Gasteiger partial charge in [-0.2, -0.15) is 0 Å². The molecule has 0 aliphatic rings. The number of aryl methyl sites for hydroxylation is 1. The van der Waals surface area contributed by atoms with Crippen molar-refractivity contribution in [3.05, 3.63) is 33.9 Å². The summed E-state index contributed by atoms with van der Waals surface area (Å²) in [6.07, 6.45) is 3.64. The fourth-order valence-corrected chi connectivity index (χ4v) is 2.36. The van der Waals surface area contributed by atoms with Crippen LogP contribution in [-0.4, -0.2) is 9.97 Å². The van der Waals surface area contributed by atoms with Crippen molar-refractivity contribution in [2.24, 2.45) is 0 Å². The summed E-state index contributed by atoms with van der Waals surface area (Å²) in [4.78, 5) is 9.74. The molecular formula is C9H7BrN2S. The molecule has 2 aromatic heterocycles. The largest absolute Gasteiger partial charge is 0.253 e. The Morgan fingerprint density at radius 1 is 1.38 bits per heavy atom. The molecule has 2 heterocycles. The molecule has 13 heavy (non-hydrogen) atoms. The Labute approximate surface area is 88.8 Å². The van der Waals surface area contributed by atoms with Gasteiger partial charge in [0.05, 0.1) is 0 Å². The SMILES string of the molecule is Cc1cnc(-c2ncccc2Br)s1. The Bertz CT molecular complexity index is 425. The molecule has 0 radical (unpaired) electrons. The van der Waals surface area contributed by atoms with Gasteiger partial charge in [0.25, 0.3) is 0 Å². The number of aromatic nitrogens is 2. The zero-order chi connectivity index (χ0) is 9.26. The Morgan fingerprint density at radius 3 is 2.85 bits per heavy atom. The standard InChI is InChI=1S/C9H7BrN2S/c1-6-5-12-9(13-6)8-7(10)3-2-4-11-8/h2-5H,1H3. The van der Waals surface area contributed by atoms with E-state index in [0.29, 0.717) is 0 Å².